The van der Waals surface area contributed by atoms with Gasteiger partial charge in [0.1, 0.15) is 6.04 Å². The highest BCUT2D eigenvalue weighted by atomic mass is 16.6. The van der Waals surface area contributed by atoms with Gasteiger partial charge in [0.25, 0.3) is 5.69 Å². The van der Waals surface area contributed by atoms with Crippen molar-refractivity contribution in [2.24, 2.45) is 5.73 Å². The Kier molecular flexibility index (Phi) is 4.61. The quantitative estimate of drug-likeness (QED) is 0.463. The van der Waals surface area contributed by atoms with Gasteiger partial charge in [0.2, 0.25) is 5.91 Å². The molecule has 1 fully saturated rings. The minimum absolute atomic E-state index is 0.0226. The summed E-state index contributed by atoms with van der Waals surface area (Å²) in [5, 5.41) is 10.6. The summed E-state index contributed by atoms with van der Waals surface area (Å²) in [6.45, 7) is 1.06. The highest BCUT2D eigenvalue weighted by Crippen LogP contribution is 2.14. The fourth-order valence-electron chi connectivity index (χ4n) is 2.13. The van der Waals surface area contributed by atoms with Gasteiger partial charge in [-0.05, 0) is 12.1 Å². The van der Waals surface area contributed by atoms with E-state index in [0.29, 0.717) is 18.7 Å². The molecule has 1 heterocycles. The van der Waals surface area contributed by atoms with Crippen LogP contribution in [0.4, 0.5) is 5.69 Å². The summed E-state index contributed by atoms with van der Waals surface area (Å²) in [6, 6.07) is 4.73. The first-order valence-electron chi connectivity index (χ1n) is 6.38. The van der Waals surface area contributed by atoms with Gasteiger partial charge in [-0.15, -0.1) is 0 Å². The van der Waals surface area contributed by atoms with Gasteiger partial charge in [-0.3, -0.25) is 24.6 Å². The molecule has 1 saturated heterocycles. The van der Waals surface area contributed by atoms with Crippen LogP contribution in [0, 0.1) is 10.1 Å². The number of hydrogen-bond acceptors (Lipinski definition) is 6. The fourth-order valence-corrected chi connectivity index (χ4v) is 2.13. The molecular weight excluding hydrogens is 278 g/mol. The maximum absolute atomic E-state index is 12.2. The Bertz CT molecular complexity index is 557. The molecule has 1 aliphatic rings. The number of hydrogen-bond donors (Lipinski definition) is 1. The maximum Gasteiger partial charge on any atom is 0.269 e. The predicted molar refractivity (Wildman–Crippen MR) is 72.8 cm³/mol. The third-order valence-corrected chi connectivity index (χ3v) is 3.31. The number of ketones is 1. The normalized spacial score (nSPS) is 19.1. The van der Waals surface area contributed by atoms with Crippen molar-refractivity contribution in [2.75, 3.05) is 26.3 Å². The molecular formula is C13H15N3O5. The number of non-ortho nitro benzene ring substituents is 1. The van der Waals surface area contributed by atoms with Crippen molar-refractivity contribution < 1.29 is 19.2 Å². The Hall–Kier alpha value is -2.32. The predicted octanol–water partition coefficient (Wildman–Crippen LogP) is -0.0364. The molecule has 1 amide bonds. The number of nitrogens with zero attached hydrogens (tertiary/aromatic N) is 2. The first-order valence-corrected chi connectivity index (χ1v) is 6.38. The van der Waals surface area contributed by atoms with Crippen LogP contribution in [0.2, 0.25) is 0 Å². The van der Waals surface area contributed by atoms with Crippen molar-refractivity contribution in [3.8, 4) is 0 Å². The Balaban J connectivity index is 2.06. The van der Waals surface area contributed by atoms with Crippen molar-refractivity contribution in [3.05, 3.63) is 39.9 Å². The lowest BCUT2D eigenvalue weighted by atomic mass is 10.1. The summed E-state index contributed by atoms with van der Waals surface area (Å²) in [5.41, 5.74) is 5.56. The van der Waals surface area contributed by atoms with E-state index in [-0.39, 0.29) is 24.6 Å². The molecule has 1 aromatic rings. The standard InChI is InChI=1S/C13H15N3O5/c14-13(18)11-8-21-6-5-15(11)7-12(17)9-1-3-10(4-2-9)16(19)20/h1-4,11H,5-8H2,(H2,14,18). The molecule has 8 nitrogen and oxygen atoms in total. The first-order chi connectivity index (χ1) is 9.99. The average Bonchev–Trinajstić information content (AvgIpc) is 2.47. The molecule has 1 atom stereocenters. The summed E-state index contributed by atoms with van der Waals surface area (Å²) in [7, 11) is 0. The molecule has 1 aliphatic heterocycles. The molecule has 2 N–H and O–H groups in total. The van der Waals surface area contributed by atoms with Gasteiger partial charge in [0.15, 0.2) is 5.78 Å². The van der Waals surface area contributed by atoms with E-state index in [1.807, 2.05) is 0 Å². The number of ether oxygens (including phenoxy) is 1. The topological polar surface area (TPSA) is 116 Å². The zero-order valence-corrected chi connectivity index (χ0v) is 11.2. The minimum atomic E-state index is -0.624. The molecule has 0 bridgehead atoms. The highest BCUT2D eigenvalue weighted by molar-refractivity contribution is 5.98. The second-order valence-corrected chi connectivity index (χ2v) is 4.69. The van der Waals surface area contributed by atoms with E-state index in [2.05, 4.69) is 0 Å². The number of amides is 1. The van der Waals surface area contributed by atoms with Gasteiger partial charge in [0.05, 0.1) is 24.7 Å². The lowest BCUT2D eigenvalue weighted by Gasteiger charge is -2.32. The second kappa shape index (κ2) is 6.42. The van der Waals surface area contributed by atoms with Gasteiger partial charge >= 0.3 is 0 Å². The van der Waals surface area contributed by atoms with Crippen LogP contribution in [0.1, 0.15) is 10.4 Å². The van der Waals surface area contributed by atoms with E-state index >= 15 is 0 Å². The van der Waals surface area contributed by atoms with Gasteiger partial charge in [-0.1, -0.05) is 0 Å². The summed E-state index contributed by atoms with van der Waals surface area (Å²) in [4.78, 5) is 35.2. The number of nitro groups is 1. The number of rotatable bonds is 5. The third-order valence-electron chi connectivity index (χ3n) is 3.31. The average molecular weight is 293 g/mol. The van der Waals surface area contributed by atoms with E-state index in [4.69, 9.17) is 10.5 Å². The SMILES string of the molecule is NC(=O)C1COCCN1CC(=O)c1ccc([N+](=O)[O-])cc1. The molecule has 0 aromatic heterocycles. The summed E-state index contributed by atoms with van der Waals surface area (Å²) >= 11 is 0. The number of primary amides is 1. The molecule has 1 unspecified atom stereocenters. The third kappa shape index (κ3) is 3.61. The smallest absolute Gasteiger partial charge is 0.269 e. The number of carbonyl (C=O) groups excluding carboxylic acids is 2. The Labute approximate surface area is 120 Å². The van der Waals surface area contributed by atoms with Crippen LogP contribution in [0.3, 0.4) is 0 Å². The summed E-state index contributed by atoms with van der Waals surface area (Å²) < 4.78 is 5.17. The molecule has 2 rings (SSSR count). The minimum Gasteiger partial charge on any atom is -0.378 e. The zero-order chi connectivity index (χ0) is 15.4. The van der Waals surface area contributed by atoms with Crippen LogP contribution in [-0.2, 0) is 9.53 Å². The highest BCUT2D eigenvalue weighted by Gasteiger charge is 2.29. The van der Waals surface area contributed by atoms with Gasteiger partial charge < -0.3 is 10.5 Å². The molecule has 21 heavy (non-hydrogen) atoms. The number of carbonyl (C=O) groups is 2. The molecule has 8 heteroatoms. The Morgan fingerprint density at radius 3 is 2.62 bits per heavy atom. The summed E-state index contributed by atoms with van der Waals surface area (Å²) in [6.07, 6.45) is 0. The number of Topliss-reactive ketones (excluding diaryl/α,β-unsaturated/α-hetero) is 1. The molecule has 0 spiro atoms. The van der Waals surface area contributed by atoms with Gasteiger partial charge in [-0.2, -0.15) is 0 Å². The van der Waals surface area contributed by atoms with E-state index in [1.165, 1.54) is 24.3 Å². The van der Waals surface area contributed by atoms with Gasteiger partial charge in [0, 0.05) is 24.2 Å². The van der Waals surface area contributed by atoms with Crippen LogP contribution < -0.4 is 5.73 Å². The monoisotopic (exact) mass is 293 g/mol. The van der Waals surface area contributed by atoms with Crippen molar-refractivity contribution in [1.29, 1.82) is 0 Å². The Morgan fingerprint density at radius 1 is 1.38 bits per heavy atom. The van der Waals surface area contributed by atoms with Crippen molar-refractivity contribution >= 4 is 17.4 Å². The van der Waals surface area contributed by atoms with Crippen molar-refractivity contribution in [3.63, 3.8) is 0 Å². The fraction of sp³-hybridized carbons (Fsp3) is 0.385. The maximum atomic E-state index is 12.2. The van der Waals surface area contributed by atoms with E-state index < -0.39 is 16.9 Å². The number of nitro benzene ring substituents is 1. The number of morpholine rings is 1. The van der Waals surface area contributed by atoms with E-state index in [0.717, 1.165) is 0 Å². The first kappa shape index (κ1) is 15.1. The molecule has 0 radical (unpaired) electrons. The molecule has 112 valence electrons. The lowest BCUT2D eigenvalue weighted by molar-refractivity contribution is -0.384. The van der Waals surface area contributed by atoms with E-state index in [9.17, 15) is 19.7 Å². The van der Waals surface area contributed by atoms with Crippen molar-refractivity contribution in [1.82, 2.24) is 4.90 Å². The van der Waals surface area contributed by atoms with Crippen molar-refractivity contribution in [2.45, 2.75) is 6.04 Å². The Morgan fingerprint density at radius 2 is 2.05 bits per heavy atom. The van der Waals surface area contributed by atoms with E-state index in [1.54, 1.807) is 4.90 Å². The number of nitrogens with two attached hydrogens (primary N) is 1. The molecule has 0 aliphatic carbocycles. The van der Waals surface area contributed by atoms with Crippen LogP contribution >= 0.6 is 0 Å². The van der Waals surface area contributed by atoms with Crippen LogP contribution in [-0.4, -0.2) is 53.9 Å². The summed E-state index contributed by atoms with van der Waals surface area (Å²) in [5.74, 6) is -0.760. The zero-order valence-electron chi connectivity index (χ0n) is 11.2. The second-order valence-electron chi connectivity index (χ2n) is 4.69. The van der Waals surface area contributed by atoms with Crippen LogP contribution in [0.5, 0.6) is 0 Å². The van der Waals surface area contributed by atoms with Crippen LogP contribution in [0.15, 0.2) is 24.3 Å². The molecule has 1 aromatic carbocycles. The lowest BCUT2D eigenvalue weighted by Crippen LogP contribution is -2.53. The number of benzene rings is 1. The van der Waals surface area contributed by atoms with Gasteiger partial charge in [-0.25, -0.2) is 0 Å². The molecule has 0 saturated carbocycles. The largest absolute Gasteiger partial charge is 0.378 e. The van der Waals surface area contributed by atoms with Crippen LogP contribution in [0.25, 0.3) is 0 Å².